The smallest absolute Gasteiger partial charge is 0.258 e. The fraction of sp³-hybridized carbons (Fsp3) is 0.133. The topological polar surface area (TPSA) is 74.8 Å². The van der Waals surface area contributed by atoms with Crippen molar-refractivity contribution in [3.8, 4) is 0 Å². The summed E-state index contributed by atoms with van der Waals surface area (Å²) in [6.45, 7) is 5.59. The van der Waals surface area contributed by atoms with Crippen LogP contribution in [0.1, 0.15) is 22.3 Å². The lowest BCUT2D eigenvalue weighted by molar-refractivity contribution is 0.586. The third-order valence-corrected chi connectivity index (χ3v) is 10.1. The van der Waals surface area contributed by atoms with Crippen molar-refractivity contribution in [2.75, 3.05) is 15.2 Å². The Bertz CT molecular complexity index is 1730. The second-order valence-electron chi connectivity index (χ2n) is 9.44. The van der Waals surface area contributed by atoms with Crippen LogP contribution in [0.15, 0.2) is 113 Å². The molecule has 0 spiro atoms. The van der Waals surface area contributed by atoms with Gasteiger partial charge in [-0.05, 0) is 68.8 Å². The summed E-state index contributed by atoms with van der Waals surface area (Å²) in [6.07, 6.45) is 1.73. The number of sulfonamides is 2. The van der Waals surface area contributed by atoms with Crippen LogP contribution in [0.2, 0.25) is 0 Å². The van der Waals surface area contributed by atoms with E-state index in [-0.39, 0.29) is 22.0 Å². The molecule has 0 N–H and O–H groups in total. The third kappa shape index (κ3) is 4.73. The van der Waals surface area contributed by atoms with E-state index >= 15 is 0 Å². The first kappa shape index (κ1) is 25.8. The van der Waals surface area contributed by atoms with Crippen molar-refractivity contribution in [3.63, 3.8) is 0 Å². The molecule has 194 valence electrons. The maximum Gasteiger partial charge on any atom is 0.268 e. The lowest BCUT2D eigenvalue weighted by Gasteiger charge is -2.39. The van der Waals surface area contributed by atoms with Gasteiger partial charge in [-0.15, -0.1) is 0 Å². The van der Waals surface area contributed by atoms with E-state index in [2.05, 4.69) is 0 Å². The van der Waals surface area contributed by atoms with Gasteiger partial charge in [0.1, 0.15) is 0 Å². The van der Waals surface area contributed by atoms with E-state index in [1.54, 1.807) is 78.9 Å². The Morgan fingerprint density at radius 3 is 1.55 bits per heavy atom. The molecule has 0 unspecified atom stereocenters. The zero-order chi connectivity index (χ0) is 27.1. The number of rotatable bonds is 5. The molecule has 1 heterocycles. The Morgan fingerprint density at radius 1 is 0.579 bits per heavy atom. The molecule has 8 heteroatoms. The number of aryl methyl sites for hydroxylation is 3. The molecule has 0 atom stereocenters. The molecule has 0 radical (unpaired) electrons. The number of hydrogen-bond acceptors (Lipinski definition) is 4. The number of para-hydroxylation sites is 2. The Morgan fingerprint density at radius 2 is 1.03 bits per heavy atom. The molecule has 0 aliphatic carbocycles. The van der Waals surface area contributed by atoms with Crippen molar-refractivity contribution < 1.29 is 16.8 Å². The predicted octanol–water partition coefficient (Wildman–Crippen LogP) is 6.06. The van der Waals surface area contributed by atoms with Gasteiger partial charge in [-0.25, -0.2) is 21.1 Å². The zero-order valence-corrected chi connectivity index (χ0v) is 23.0. The molecule has 1 aliphatic heterocycles. The molecule has 1 aliphatic rings. The number of benzene rings is 4. The van der Waals surface area contributed by atoms with Crippen LogP contribution in [0, 0.1) is 20.8 Å². The van der Waals surface area contributed by atoms with Crippen LogP contribution in [0.4, 0.5) is 11.4 Å². The molecule has 0 saturated carbocycles. The van der Waals surface area contributed by atoms with E-state index in [1.165, 1.54) is 8.61 Å². The lowest BCUT2D eigenvalue weighted by Crippen LogP contribution is -2.44. The fourth-order valence-corrected chi connectivity index (χ4v) is 7.38. The Hall–Kier alpha value is -3.88. The van der Waals surface area contributed by atoms with Gasteiger partial charge >= 0.3 is 0 Å². The zero-order valence-electron chi connectivity index (χ0n) is 21.4. The van der Waals surface area contributed by atoms with E-state index in [0.717, 1.165) is 22.3 Å². The maximum absolute atomic E-state index is 14.1. The van der Waals surface area contributed by atoms with Crippen molar-refractivity contribution >= 4 is 37.5 Å². The molecule has 4 aromatic rings. The van der Waals surface area contributed by atoms with Gasteiger partial charge in [-0.2, -0.15) is 0 Å². The summed E-state index contributed by atoms with van der Waals surface area (Å²) in [5.41, 5.74) is 4.60. The normalized spacial score (nSPS) is 15.0. The van der Waals surface area contributed by atoms with E-state index in [9.17, 15) is 16.8 Å². The minimum Gasteiger partial charge on any atom is -0.258 e. The number of anilines is 2. The average molecular weight is 545 g/mol. The second kappa shape index (κ2) is 9.78. The van der Waals surface area contributed by atoms with Crippen LogP contribution < -0.4 is 8.61 Å². The molecular formula is C30H28N2O4S2. The third-order valence-electron chi connectivity index (χ3n) is 6.51. The van der Waals surface area contributed by atoms with Gasteiger partial charge in [-0.3, -0.25) is 4.31 Å². The fourth-order valence-electron chi connectivity index (χ4n) is 4.41. The first-order chi connectivity index (χ1) is 18.1. The highest BCUT2D eigenvalue weighted by Gasteiger charge is 2.39. The van der Waals surface area contributed by atoms with Crippen LogP contribution >= 0.6 is 0 Å². The Labute approximate surface area is 224 Å². The van der Waals surface area contributed by atoms with Gasteiger partial charge in [-0.1, -0.05) is 77.4 Å². The average Bonchev–Trinajstić information content (AvgIpc) is 2.90. The van der Waals surface area contributed by atoms with E-state index in [1.807, 2.05) is 45.0 Å². The van der Waals surface area contributed by atoms with Crippen LogP contribution in [0.25, 0.3) is 6.08 Å². The number of nitrogens with zero attached hydrogens (tertiary/aromatic N) is 2. The SMILES string of the molecule is Cc1ccc(/C=C2\CN(S(=O)(=O)c3ccc(C)cc3)c3ccccc3N2S(=O)(=O)c2ccc(C)cc2)cc1. The quantitative estimate of drug-likeness (QED) is 0.306. The summed E-state index contributed by atoms with van der Waals surface area (Å²) < 4.78 is 58.5. The molecule has 38 heavy (non-hydrogen) atoms. The van der Waals surface area contributed by atoms with Gasteiger partial charge in [0, 0.05) is 0 Å². The van der Waals surface area contributed by atoms with Crippen molar-refractivity contribution in [1.29, 1.82) is 0 Å². The number of hydrogen-bond donors (Lipinski definition) is 0. The molecule has 5 rings (SSSR count). The van der Waals surface area contributed by atoms with Gasteiger partial charge < -0.3 is 0 Å². The van der Waals surface area contributed by atoms with Gasteiger partial charge in [0.15, 0.2) is 0 Å². The summed E-state index contributed by atoms with van der Waals surface area (Å²) in [4.78, 5) is 0.269. The number of fused-ring (bicyclic) bond motifs is 1. The monoisotopic (exact) mass is 544 g/mol. The minimum absolute atomic E-state index is 0.127. The Kier molecular flexibility index (Phi) is 6.63. The van der Waals surface area contributed by atoms with E-state index < -0.39 is 20.0 Å². The van der Waals surface area contributed by atoms with E-state index in [0.29, 0.717) is 11.4 Å². The van der Waals surface area contributed by atoms with Crippen LogP contribution in [-0.2, 0) is 20.0 Å². The standard InChI is InChI=1S/C30H28N2O4S2/c1-22-8-14-25(15-9-22)20-26-21-31(37(33,34)27-16-10-23(2)11-17-27)29-6-4-5-7-30(29)32(26)38(35,36)28-18-12-24(3)13-19-28/h4-20H,21H2,1-3H3/b26-20+. The van der Waals surface area contributed by atoms with Crippen molar-refractivity contribution in [3.05, 3.63) is 125 Å². The van der Waals surface area contributed by atoms with Crippen molar-refractivity contribution in [1.82, 2.24) is 0 Å². The highest BCUT2D eigenvalue weighted by atomic mass is 32.2. The first-order valence-electron chi connectivity index (χ1n) is 12.1. The minimum atomic E-state index is -4.07. The molecule has 0 aromatic heterocycles. The molecule has 0 amide bonds. The molecule has 0 bridgehead atoms. The van der Waals surface area contributed by atoms with Gasteiger partial charge in [0.05, 0.1) is 33.4 Å². The summed E-state index contributed by atoms with van der Waals surface area (Å²) in [6, 6.07) is 27.6. The van der Waals surface area contributed by atoms with E-state index in [4.69, 9.17) is 0 Å². The predicted molar refractivity (Wildman–Crippen MR) is 152 cm³/mol. The molecule has 0 saturated heterocycles. The molecular weight excluding hydrogens is 516 g/mol. The van der Waals surface area contributed by atoms with Crippen molar-refractivity contribution in [2.45, 2.75) is 30.6 Å². The summed E-state index contributed by atoms with van der Waals surface area (Å²) >= 11 is 0. The second-order valence-corrected chi connectivity index (χ2v) is 13.1. The van der Waals surface area contributed by atoms with Crippen LogP contribution in [-0.4, -0.2) is 23.4 Å². The Balaban J connectivity index is 1.74. The van der Waals surface area contributed by atoms with Crippen LogP contribution in [0.5, 0.6) is 0 Å². The van der Waals surface area contributed by atoms with Crippen molar-refractivity contribution in [2.24, 2.45) is 0 Å². The van der Waals surface area contributed by atoms with Crippen LogP contribution in [0.3, 0.4) is 0 Å². The van der Waals surface area contributed by atoms with Gasteiger partial charge in [0.2, 0.25) is 0 Å². The maximum atomic E-state index is 14.1. The summed E-state index contributed by atoms with van der Waals surface area (Å²) in [5.74, 6) is 0. The first-order valence-corrected chi connectivity index (χ1v) is 15.0. The molecule has 6 nitrogen and oxygen atoms in total. The summed E-state index contributed by atoms with van der Waals surface area (Å²) in [7, 11) is -8.06. The molecule has 4 aromatic carbocycles. The highest BCUT2D eigenvalue weighted by molar-refractivity contribution is 7.93. The molecule has 0 fully saturated rings. The summed E-state index contributed by atoms with van der Waals surface area (Å²) in [5, 5.41) is 0. The highest BCUT2D eigenvalue weighted by Crippen LogP contribution is 2.43. The lowest BCUT2D eigenvalue weighted by atomic mass is 10.1. The van der Waals surface area contributed by atoms with Gasteiger partial charge in [0.25, 0.3) is 20.0 Å². The largest absolute Gasteiger partial charge is 0.268 e.